The summed E-state index contributed by atoms with van der Waals surface area (Å²) >= 11 is 0. The van der Waals surface area contributed by atoms with Gasteiger partial charge in [-0.15, -0.1) is 5.10 Å². The second-order valence-electron chi connectivity index (χ2n) is 7.98. The van der Waals surface area contributed by atoms with Crippen molar-refractivity contribution in [3.8, 4) is 11.6 Å². The molecule has 1 aliphatic heterocycles. The van der Waals surface area contributed by atoms with E-state index in [2.05, 4.69) is 55.5 Å². The molecular weight excluding hydrogens is 418 g/mol. The van der Waals surface area contributed by atoms with Crippen LogP contribution in [-0.4, -0.2) is 70.4 Å². The number of rotatable bonds is 9. The summed E-state index contributed by atoms with van der Waals surface area (Å²) < 4.78 is 12.7. The van der Waals surface area contributed by atoms with E-state index in [1.807, 2.05) is 25.3 Å². The second kappa shape index (κ2) is 10.0. The highest BCUT2D eigenvalue weighted by molar-refractivity contribution is 5.58. The van der Waals surface area contributed by atoms with E-state index in [0.29, 0.717) is 37.3 Å². The molecule has 172 valence electrons. The number of benzene rings is 1. The number of nitrogens with one attached hydrogen (secondary N) is 1. The van der Waals surface area contributed by atoms with Crippen molar-refractivity contribution in [2.75, 3.05) is 56.2 Å². The Morgan fingerprint density at radius 3 is 2.67 bits per heavy atom. The Bertz CT molecular complexity index is 1150. The van der Waals surface area contributed by atoms with Gasteiger partial charge in [0.05, 0.1) is 12.9 Å². The molecule has 1 saturated heterocycles. The lowest BCUT2D eigenvalue weighted by Gasteiger charge is -2.36. The maximum Gasteiger partial charge on any atom is 0.225 e. The zero-order chi connectivity index (χ0) is 22.5. The van der Waals surface area contributed by atoms with Crippen LogP contribution in [0.5, 0.6) is 0 Å². The van der Waals surface area contributed by atoms with Gasteiger partial charge in [0.1, 0.15) is 0 Å². The Labute approximate surface area is 193 Å². The minimum Gasteiger partial charge on any atom is -0.461 e. The molecule has 1 N–H and O–H groups in total. The Kier molecular flexibility index (Phi) is 6.50. The van der Waals surface area contributed by atoms with Crippen molar-refractivity contribution in [3.05, 3.63) is 60.5 Å². The molecule has 0 unspecified atom stereocenters. The number of para-hydroxylation sites is 1. The van der Waals surface area contributed by atoms with Crippen LogP contribution >= 0.6 is 0 Å². The fourth-order valence-electron chi connectivity index (χ4n) is 4.08. The van der Waals surface area contributed by atoms with E-state index >= 15 is 0 Å². The SMILES string of the molecule is CCOCCNc1ncc(CN2CCN(c3ccccc3)CC2)c2nc(-c3ccco3)nn12. The molecule has 4 heterocycles. The maximum absolute atomic E-state index is 5.53. The van der Waals surface area contributed by atoms with E-state index in [4.69, 9.17) is 14.1 Å². The Morgan fingerprint density at radius 1 is 1.06 bits per heavy atom. The Morgan fingerprint density at radius 2 is 1.91 bits per heavy atom. The highest BCUT2D eigenvalue weighted by Gasteiger charge is 2.21. The first kappa shape index (κ1) is 21.4. The number of ether oxygens (including phenoxy) is 1. The van der Waals surface area contributed by atoms with E-state index in [-0.39, 0.29) is 0 Å². The van der Waals surface area contributed by atoms with E-state index < -0.39 is 0 Å². The average Bonchev–Trinajstić information content (AvgIpc) is 3.55. The highest BCUT2D eigenvalue weighted by Crippen LogP contribution is 2.22. The number of hydrogen-bond acceptors (Lipinski definition) is 8. The third kappa shape index (κ3) is 4.84. The molecule has 1 aromatic carbocycles. The van der Waals surface area contributed by atoms with E-state index in [1.165, 1.54) is 5.69 Å². The molecular formula is C24H29N7O2. The van der Waals surface area contributed by atoms with Gasteiger partial charge in [-0.1, -0.05) is 18.2 Å². The summed E-state index contributed by atoms with van der Waals surface area (Å²) in [5.74, 6) is 1.84. The molecule has 33 heavy (non-hydrogen) atoms. The summed E-state index contributed by atoms with van der Waals surface area (Å²) in [6, 6.07) is 14.3. The minimum atomic E-state index is 0.552. The van der Waals surface area contributed by atoms with Crippen LogP contribution < -0.4 is 10.2 Å². The third-order valence-corrected chi connectivity index (χ3v) is 5.80. The van der Waals surface area contributed by atoms with Crippen LogP contribution in [0, 0.1) is 0 Å². The zero-order valence-electron chi connectivity index (χ0n) is 18.9. The largest absolute Gasteiger partial charge is 0.461 e. The molecule has 0 amide bonds. The first-order valence-corrected chi connectivity index (χ1v) is 11.4. The number of anilines is 2. The van der Waals surface area contributed by atoms with E-state index in [9.17, 15) is 0 Å². The maximum atomic E-state index is 5.53. The molecule has 0 saturated carbocycles. The summed E-state index contributed by atoms with van der Waals surface area (Å²) in [4.78, 5) is 14.3. The van der Waals surface area contributed by atoms with Crippen LogP contribution in [0.3, 0.4) is 0 Å². The lowest BCUT2D eigenvalue weighted by Crippen LogP contribution is -2.46. The van der Waals surface area contributed by atoms with Gasteiger partial charge in [0.2, 0.25) is 11.8 Å². The van der Waals surface area contributed by atoms with Gasteiger partial charge >= 0.3 is 0 Å². The van der Waals surface area contributed by atoms with Gasteiger partial charge in [-0.2, -0.15) is 4.52 Å². The summed E-state index contributed by atoms with van der Waals surface area (Å²) in [5, 5.41) is 7.99. The van der Waals surface area contributed by atoms with Crippen molar-refractivity contribution in [1.29, 1.82) is 0 Å². The van der Waals surface area contributed by atoms with Crippen LogP contribution in [0.15, 0.2) is 59.3 Å². The predicted octanol–water partition coefficient (Wildman–Crippen LogP) is 3.15. The van der Waals surface area contributed by atoms with E-state index in [0.717, 1.165) is 43.9 Å². The van der Waals surface area contributed by atoms with Gasteiger partial charge < -0.3 is 19.4 Å². The molecule has 0 bridgehead atoms. The summed E-state index contributed by atoms with van der Waals surface area (Å²) in [7, 11) is 0. The average molecular weight is 448 g/mol. The van der Waals surface area contributed by atoms with Crippen molar-refractivity contribution in [2.45, 2.75) is 13.5 Å². The third-order valence-electron chi connectivity index (χ3n) is 5.80. The number of aromatic nitrogens is 4. The summed E-state index contributed by atoms with van der Waals surface area (Å²) in [6.07, 6.45) is 3.54. The minimum absolute atomic E-state index is 0.552. The van der Waals surface area contributed by atoms with Crippen LogP contribution in [0.25, 0.3) is 17.2 Å². The van der Waals surface area contributed by atoms with E-state index in [1.54, 1.807) is 10.8 Å². The van der Waals surface area contributed by atoms with Gasteiger partial charge in [-0.3, -0.25) is 4.90 Å². The predicted molar refractivity (Wildman–Crippen MR) is 127 cm³/mol. The first-order valence-electron chi connectivity index (χ1n) is 11.4. The quantitative estimate of drug-likeness (QED) is 0.392. The van der Waals surface area contributed by atoms with Gasteiger partial charge in [0.25, 0.3) is 0 Å². The van der Waals surface area contributed by atoms with Gasteiger partial charge in [-0.05, 0) is 31.2 Å². The lowest BCUT2D eigenvalue weighted by molar-refractivity contribution is 0.158. The van der Waals surface area contributed by atoms with Gasteiger partial charge in [-0.25, -0.2) is 9.97 Å². The molecule has 1 fully saturated rings. The Hall–Kier alpha value is -3.43. The molecule has 0 spiro atoms. The summed E-state index contributed by atoms with van der Waals surface area (Å²) in [5.41, 5.74) is 3.12. The number of nitrogens with zero attached hydrogens (tertiary/aromatic N) is 6. The molecule has 4 aromatic rings. The van der Waals surface area contributed by atoms with Crippen molar-refractivity contribution < 1.29 is 9.15 Å². The first-order chi connectivity index (χ1) is 16.3. The van der Waals surface area contributed by atoms with Crippen molar-refractivity contribution in [2.24, 2.45) is 0 Å². The normalized spacial score (nSPS) is 14.8. The standard InChI is InChI=1S/C24H29N7O2/c1-2-32-16-10-25-24-26-17-19(23-27-22(28-31(23)24)21-9-6-15-33-21)18-29-11-13-30(14-12-29)20-7-4-3-5-8-20/h3-9,15,17H,2,10-14,16,18H2,1H3,(H,25,26). The molecule has 3 aromatic heterocycles. The number of piperazine rings is 1. The number of furan rings is 1. The van der Waals surface area contributed by atoms with Crippen LogP contribution in [0.1, 0.15) is 12.5 Å². The number of hydrogen-bond donors (Lipinski definition) is 1. The fraction of sp³-hybridized carbons (Fsp3) is 0.375. The van der Waals surface area contributed by atoms with Crippen LogP contribution in [0.4, 0.5) is 11.6 Å². The van der Waals surface area contributed by atoms with Crippen molar-refractivity contribution in [3.63, 3.8) is 0 Å². The zero-order valence-corrected chi connectivity index (χ0v) is 18.9. The molecule has 9 heteroatoms. The van der Waals surface area contributed by atoms with Crippen LogP contribution in [0.2, 0.25) is 0 Å². The molecule has 9 nitrogen and oxygen atoms in total. The smallest absolute Gasteiger partial charge is 0.225 e. The monoisotopic (exact) mass is 447 g/mol. The second-order valence-corrected chi connectivity index (χ2v) is 7.98. The highest BCUT2D eigenvalue weighted by atomic mass is 16.5. The van der Waals surface area contributed by atoms with Gasteiger partial charge in [0, 0.05) is 63.3 Å². The summed E-state index contributed by atoms with van der Waals surface area (Å²) in [6.45, 7) is 8.65. The lowest BCUT2D eigenvalue weighted by atomic mass is 10.2. The molecule has 5 rings (SSSR count). The fourth-order valence-corrected chi connectivity index (χ4v) is 4.08. The molecule has 1 aliphatic rings. The molecule has 0 aliphatic carbocycles. The molecule has 0 radical (unpaired) electrons. The topological polar surface area (TPSA) is 84.0 Å². The van der Waals surface area contributed by atoms with Crippen LogP contribution in [-0.2, 0) is 11.3 Å². The molecule has 0 atom stereocenters. The van der Waals surface area contributed by atoms with Crippen molar-refractivity contribution >= 4 is 17.3 Å². The Balaban J connectivity index is 1.34. The van der Waals surface area contributed by atoms with Gasteiger partial charge in [0.15, 0.2) is 11.4 Å². The van der Waals surface area contributed by atoms with Crippen molar-refractivity contribution in [1.82, 2.24) is 24.5 Å². The number of fused-ring (bicyclic) bond motifs is 1.